The smallest absolute Gasteiger partial charge is 0.239 e. The lowest BCUT2D eigenvalue weighted by molar-refractivity contribution is -0.133. The van der Waals surface area contributed by atoms with Gasteiger partial charge in [0.05, 0.1) is 6.04 Å². The number of nitrogens with one attached hydrogen (secondary N) is 1. The third kappa shape index (κ3) is 1.85. The summed E-state index contributed by atoms with van der Waals surface area (Å²) in [7, 11) is 1.89. The van der Waals surface area contributed by atoms with Crippen molar-refractivity contribution < 1.29 is 4.79 Å². The minimum absolute atomic E-state index is 0.0862. The van der Waals surface area contributed by atoms with E-state index in [1.807, 2.05) is 7.05 Å². The zero-order valence-corrected chi connectivity index (χ0v) is 8.25. The second-order valence-electron chi connectivity index (χ2n) is 4.10. The van der Waals surface area contributed by atoms with E-state index < -0.39 is 0 Å². The van der Waals surface area contributed by atoms with Gasteiger partial charge in [0.25, 0.3) is 0 Å². The van der Waals surface area contributed by atoms with Crippen LogP contribution in [0, 0.1) is 0 Å². The zero-order valence-electron chi connectivity index (χ0n) is 8.25. The molecule has 13 heavy (non-hydrogen) atoms. The molecule has 0 aromatic rings. The summed E-state index contributed by atoms with van der Waals surface area (Å²) in [4.78, 5) is 14.0. The SMILES string of the molecule is CNC1CCCCN(C2CC2)C1=O. The Labute approximate surface area is 79.5 Å². The second-order valence-corrected chi connectivity index (χ2v) is 4.10. The number of hydrogen-bond donors (Lipinski definition) is 1. The fraction of sp³-hybridized carbons (Fsp3) is 0.900. The van der Waals surface area contributed by atoms with Crippen molar-refractivity contribution in [3.8, 4) is 0 Å². The Morgan fingerprint density at radius 3 is 2.69 bits per heavy atom. The molecule has 3 heteroatoms. The molecule has 0 aromatic heterocycles. The van der Waals surface area contributed by atoms with Crippen molar-refractivity contribution in [2.75, 3.05) is 13.6 Å². The van der Waals surface area contributed by atoms with Gasteiger partial charge in [0, 0.05) is 12.6 Å². The maximum absolute atomic E-state index is 11.9. The first-order valence-electron chi connectivity index (χ1n) is 5.30. The van der Waals surface area contributed by atoms with Crippen LogP contribution in [0.3, 0.4) is 0 Å². The van der Waals surface area contributed by atoms with Crippen LogP contribution in [-0.4, -0.2) is 36.5 Å². The Morgan fingerprint density at radius 1 is 1.31 bits per heavy atom. The average molecular weight is 182 g/mol. The highest BCUT2D eigenvalue weighted by Crippen LogP contribution is 2.29. The summed E-state index contributed by atoms with van der Waals surface area (Å²) in [5, 5.41) is 3.12. The first kappa shape index (κ1) is 9.00. The largest absolute Gasteiger partial charge is 0.338 e. The van der Waals surface area contributed by atoms with Crippen LogP contribution in [0.4, 0.5) is 0 Å². The van der Waals surface area contributed by atoms with Crippen molar-refractivity contribution >= 4 is 5.91 Å². The van der Waals surface area contributed by atoms with Crippen molar-refractivity contribution in [2.24, 2.45) is 0 Å². The molecule has 74 valence electrons. The van der Waals surface area contributed by atoms with Crippen LogP contribution >= 0.6 is 0 Å². The fourth-order valence-electron chi connectivity index (χ4n) is 2.08. The molecular formula is C10H18N2O. The highest BCUT2D eigenvalue weighted by atomic mass is 16.2. The molecule has 0 radical (unpaired) electrons. The van der Waals surface area contributed by atoms with Gasteiger partial charge in [-0.25, -0.2) is 0 Å². The molecule has 1 atom stereocenters. The van der Waals surface area contributed by atoms with Crippen LogP contribution in [0.25, 0.3) is 0 Å². The lowest BCUT2D eigenvalue weighted by Crippen LogP contribution is -2.44. The summed E-state index contributed by atoms with van der Waals surface area (Å²) >= 11 is 0. The van der Waals surface area contributed by atoms with Gasteiger partial charge < -0.3 is 10.2 Å². The number of amides is 1. The Morgan fingerprint density at radius 2 is 2.08 bits per heavy atom. The van der Waals surface area contributed by atoms with Crippen LogP contribution in [0.2, 0.25) is 0 Å². The summed E-state index contributed by atoms with van der Waals surface area (Å²) in [6.07, 6.45) is 5.82. The third-order valence-electron chi connectivity index (χ3n) is 3.06. The van der Waals surface area contributed by atoms with E-state index in [1.54, 1.807) is 0 Å². The van der Waals surface area contributed by atoms with E-state index >= 15 is 0 Å². The zero-order chi connectivity index (χ0) is 9.26. The molecule has 1 aliphatic heterocycles. The molecule has 1 amide bonds. The number of likely N-dealkylation sites (N-methyl/N-ethyl adjacent to an activating group) is 1. The molecule has 2 aliphatic rings. The third-order valence-corrected chi connectivity index (χ3v) is 3.06. The molecular weight excluding hydrogens is 164 g/mol. The molecule has 0 bridgehead atoms. The Bertz CT molecular complexity index is 201. The highest BCUT2D eigenvalue weighted by Gasteiger charge is 2.36. The van der Waals surface area contributed by atoms with Crippen LogP contribution in [-0.2, 0) is 4.79 Å². The summed E-state index contributed by atoms with van der Waals surface area (Å²) in [5.41, 5.74) is 0. The minimum Gasteiger partial charge on any atom is -0.338 e. The second kappa shape index (κ2) is 3.66. The lowest BCUT2D eigenvalue weighted by atomic mass is 10.1. The number of hydrogen-bond acceptors (Lipinski definition) is 2. The van der Waals surface area contributed by atoms with Gasteiger partial charge in [-0.1, -0.05) is 0 Å². The molecule has 1 heterocycles. The summed E-state index contributed by atoms with van der Waals surface area (Å²) in [5.74, 6) is 0.336. The lowest BCUT2D eigenvalue weighted by Gasteiger charge is -2.23. The van der Waals surface area contributed by atoms with Gasteiger partial charge >= 0.3 is 0 Å². The number of carbonyl (C=O) groups is 1. The van der Waals surface area contributed by atoms with Crippen molar-refractivity contribution in [3.63, 3.8) is 0 Å². The average Bonchev–Trinajstić information content (AvgIpc) is 2.91. The summed E-state index contributed by atoms with van der Waals surface area (Å²) in [6, 6.07) is 0.671. The number of rotatable bonds is 2. The molecule has 1 saturated carbocycles. The normalized spacial score (nSPS) is 30.4. The van der Waals surface area contributed by atoms with Gasteiger partial charge in [-0.3, -0.25) is 4.79 Å². The number of likely N-dealkylation sites (tertiary alicyclic amines) is 1. The predicted molar refractivity (Wildman–Crippen MR) is 51.4 cm³/mol. The van der Waals surface area contributed by atoms with E-state index in [0.717, 1.165) is 13.0 Å². The van der Waals surface area contributed by atoms with Gasteiger partial charge in [0.2, 0.25) is 5.91 Å². The van der Waals surface area contributed by atoms with E-state index in [1.165, 1.54) is 25.7 Å². The standard InChI is InChI=1S/C10H18N2O/c1-11-9-4-2-3-7-12(10(9)13)8-5-6-8/h8-9,11H,2-7H2,1H3. The topological polar surface area (TPSA) is 32.3 Å². The summed E-state index contributed by atoms with van der Waals surface area (Å²) in [6.45, 7) is 0.988. The first-order chi connectivity index (χ1) is 6.33. The quantitative estimate of drug-likeness (QED) is 0.683. The molecule has 3 nitrogen and oxygen atoms in total. The number of nitrogens with zero attached hydrogens (tertiary/aromatic N) is 1. The molecule has 2 rings (SSSR count). The van der Waals surface area contributed by atoms with Crippen LogP contribution in [0.5, 0.6) is 0 Å². The molecule has 1 saturated heterocycles. The van der Waals surface area contributed by atoms with Crippen molar-refractivity contribution in [2.45, 2.75) is 44.2 Å². The van der Waals surface area contributed by atoms with Crippen LogP contribution < -0.4 is 5.32 Å². The van der Waals surface area contributed by atoms with Gasteiger partial charge in [0.1, 0.15) is 0 Å². The fourth-order valence-corrected chi connectivity index (χ4v) is 2.08. The molecule has 1 N–H and O–H groups in total. The van der Waals surface area contributed by atoms with E-state index in [2.05, 4.69) is 10.2 Å². The maximum atomic E-state index is 11.9. The Hall–Kier alpha value is -0.570. The van der Waals surface area contributed by atoms with Gasteiger partial charge in [-0.05, 0) is 39.2 Å². The van der Waals surface area contributed by atoms with Crippen molar-refractivity contribution in [1.29, 1.82) is 0 Å². The Balaban J connectivity index is 2.03. The molecule has 1 aliphatic carbocycles. The first-order valence-corrected chi connectivity index (χ1v) is 5.30. The molecule has 2 fully saturated rings. The van der Waals surface area contributed by atoms with Gasteiger partial charge in [0.15, 0.2) is 0 Å². The maximum Gasteiger partial charge on any atom is 0.239 e. The van der Waals surface area contributed by atoms with Gasteiger partial charge in [-0.15, -0.1) is 0 Å². The van der Waals surface area contributed by atoms with Gasteiger partial charge in [-0.2, -0.15) is 0 Å². The van der Waals surface area contributed by atoms with Crippen molar-refractivity contribution in [1.82, 2.24) is 10.2 Å². The van der Waals surface area contributed by atoms with E-state index in [0.29, 0.717) is 11.9 Å². The van der Waals surface area contributed by atoms with Crippen LogP contribution in [0.1, 0.15) is 32.1 Å². The minimum atomic E-state index is 0.0862. The van der Waals surface area contributed by atoms with Crippen LogP contribution in [0.15, 0.2) is 0 Å². The monoisotopic (exact) mass is 182 g/mol. The van der Waals surface area contributed by atoms with E-state index in [9.17, 15) is 4.79 Å². The Kier molecular flexibility index (Phi) is 2.54. The predicted octanol–water partition coefficient (Wildman–Crippen LogP) is 0.749. The highest BCUT2D eigenvalue weighted by molar-refractivity contribution is 5.82. The molecule has 1 unspecified atom stereocenters. The number of carbonyl (C=O) groups excluding carboxylic acids is 1. The van der Waals surface area contributed by atoms with E-state index in [4.69, 9.17) is 0 Å². The summed E-state index contributed by atoms with van der Waals surface area (Å²) < 4.78 is 0. The van der Waals surface area contributed by atoms with E-state index in [-0.39, 0.29) is 6.04 Å². The molecule has 0 aromatic carbocycles. The van der Waals surface area contributed by atoms with Crippen molar-refractivity contribution in [3.05, 3.63) is 0 Å². The molecule has 0 spiro atoms.